The van der Waals surface area contributed by atoms with E-state index in [-0.39, 0.29) is 29.6 Å². The van der Waals surface area contributed by atoms with Crippen LogP contribution >= 0.6 is 12.4 Å². The zero-order valence-corrected chi connectivity index (χ0v) is 17.1. The zero-order valence-electron chi connectivity index (χ0n) is 15.5. The lowest BCUT2D eigenvalue weighted by atomic mass is 10.2. The third-order valence-electron chi connectivity index (χ3n) is 4.42. The highest BCUT2D eigenvalue weighted by atomic mass is 35.5. The number of aromatic nitrogens is 3. The molecule has 0 saturated carbocycles. The van der Waals surface area contributed by atoms with Crippen LogP contribution in [-0.2, 0) is 28.9 Å². The summed E-state index contributed by atoms with van der Waals surface area (Å²) in [4.78, 5) is 16.4. The van der Waals surface area contributed by atoms with Crippen LogP contribution in [0.2, 0.25) is 0 Å². The molecule has 0 aromatic carbocycles. The molecule has 1 aliphatic heterocycles. The van der Waals surface area contributed by atoms with E-state index < -0.39 is 22.0 Å². The van der Waals surface area contributed by atoms with E-state index in [1.54, 1.807) is 26.4 Å². The summed E-state index contributed by atoms with van der Waals surface area (Å²) in [5.41, 5.74) is 0.203. The fourth-order valence-corrected chi connectivity index (χ4v) is 4.77. The monoisotopic (exact) mass is 417 g/mol. The number of hydrogen-bond acceptors (Lipinski definition) is 6. The molecule has 1 N–H and O–H groups in total. The van der Waals surface area contributed by atoms with E-state index in [4.69, 9.17) is 4.74 Å². The van der Waals surface area contributed by atoms with Crippen LogP contribution in [0.1, 0.15) is 29.3 Å². The van der Waals surface area contributed by atoms with Gasteiger partial charge in [-0.1, -0.05) is 0 Å². The summed E-state index contributed by atoms with van der Waals surface area (Å²) in [5.74, 6) is 0.125. The summed E-state index contributed by atoms with van der Waals surface area (Å²) in [6, 6.07) is 0.949. The van der Waals surface area contributed by atoms with Crippen LogP contribution in [-0.4, -0.2) is 59.1 Å². The number of sulfonamides is 1. The van der Waals surface area contributed by atoms with Crippen molar-refractivity contribution in [1.29, 1.82) is 0 Å². The molecule has 1 atom stereocenters. The Bertz CT molecular complexity index is 908. The Labute approximate surface area is 164 Å². The van der Waals surface area contributed by atoms with E-state index >= 15 is 0 Å². The zero-order chi connectivity index (χ0) is 18.9. The molecule has 9 nitrogen and oxygen atoms in total. The fourth-order valence-electron chi connectivity index (χ4n) is 3.11. The Balaban J connectivity index is 0.00000261. The molecule has 3 heterocycles. The number of ether oxygens (including phenoxy) is 1. The second kappa shape index (κ2) is 8.42. The van der Waals surface area contributed by atoms with E-state index in [0.29, 0.717) is 25.5 Å². The van der Waals surface area contributed by atoms with Crippen LogP contribution in [0.4, 0.5) is 0 Å². The second-order valence-corrected chi connectivity index (χ2v) is 8.02. The van der Waals surface area contributed by atoms with Gasteiger partial charge in [0.2, 0.25) is 10.0 Å². The molecule has 0 radical (unpaired) electrons. The molecule has 2 aromatic heterocycles. The molecule has 1 unspecified atom stereocenters. The van der Waals surface area contributed by atoms with E-state index in [0.717, 1.165) is 0 Å². The van der Waals surface area contributed by atoms with Gasteiger partial charge in [0.1, 0.15) is 16.4 Å². The summed E-state index contributed by atoms with van der Waals surface area (Å²) in [7, 11) is -0.332. The minimum atomic E-state index is -3.79. The predicted molar refractivity (Wildman–Crippen MR) is 101 cm³/mol. The molecule has 150 valence electrons. The van der Waals surface area contributed by atoms with E-state index in [2.05, 4.69) is 10.3 Å². The standard InChI is InChI=1S/C16H23N5O4S.ClH/c1-4-25-16(22)13-9-12(11-20(13)3)26(23,24)21-8-5-17-10-14(21)15-18-6-7-19(15)2;/h6-7,9,11,14,17H,4-5,8,10H2,1-3H3;1H. The van der Waals surface area contributed by atoms with Crippen molar-refractivity contribution >= 4 is 28.4 Å². The number of hydrogen-bond donors (Lipinski definition) is 1. The molecule has 27 heavy (non-hydrogen) atoms. The number of imidazole rings is 1. The molecule has 0 aliphatic carbocycles. The maximum Gasteiger partial charge on any atom is 0.354 e. The third-order valence-corrected chi connectivity index (χ3v) is 6.30. The van der Waals surface area contributed by atoms with Crippen LogP contribution in [0.5, 0.6) is 0 Å². The average molecular weight is 418 g/mol. The van der Waals surface area contributed by atoms with Crippen LogP contribution < -0.4 is 5.32 Å². The van der Waals surface area contributed by atoms with Crippen LogP contribution in [0.25, 0.3) is 0 Å². The summed E-state index contributed by atoms with van der Waals surface area (Å²) < 4.78 is 36.2. The highest BCUT2D eigenvalue weighted by molar-refractivity contribution is 7.89. The number of carbonyl (C=O) groups excluding carboxylic acids is 1. The maximum absolute atomic E-state index is 13.2. The quantitative estimate of drug-likeness (QED) is 0.719. The highest BCUT2D eigenvalue weighted by Gasteiger charge is 2.37. The molecule has 0 amide bonds. The van der Waals surface area contributed by atoms with Crippen molar-refractivity contribution in [3.05, 3.63) is 36.2 Å². The second-order valence-electron chi connectivity index (χ2n) is 6.12. The molecule has 2 aromatic rings. The predicted octanol–water partition coefficient (Wildman–Crippen LogP) is 0.692. The Kier molecular flexibility index (Phi) is 6.68. The SMILES string of the molecule is CCOC(=O)c1cc(S(=O)(=O)N2CCNCC2c2nccn2C)cn1C.Cl. The lowest BCUT2D eigenvalue weighted by Crippen LogP contribution is -2.49. The number of aryl methyl sites for hydroxylation is 2. The van der Waals surface area contributed by atoms with Crippen molar-refractivity contribution in [2.75, 3.05) is 26.2 Å². The molecule has 1 fully saturated rings. The molecule has 0 bridgehead atoms. The highest BCUT2D eigenvalue weighted by Crippen LogP contribution is 2.28. The van der Waals surface area contributed by atoms with Gasteiger partial charge >= 0.3 is 5.97 Å². The topological polar surface area (TPSA) is 98.5 Å². The first-order valence-electron chi connectivity index (χ1n) is 8.39. The van der Waals surface area contributed by atoms with Crippen molar-refractivity contribution in [3.8, 4) is 0 Å². The lowest BCUT2D eigenvalue weighted by molar-refractivity contribution is 0.0515. The van der Waals surface area contributed by atoms with Gasteiger partial charge in [-0.2, -0.15) is 4.31 Å². The van der Waals surface area contributed by atoms with Gasteiger partial charge in [-0.05, 0) is 13.0 Å². The van der Waals surface area contributed by atoms with Gasteiger partial charge in [-0.25, -0.2) is 18.2 Å². The summed E-state index contributed by atoms with van der Waals surface area (Å²) in [5, 5.41) is 3.22. The molecule has 1 saturated heterocycles. The minimum Gasteiger partial charge on any atom is -0.461 e. The lowest BCUT2D eigenvalue weighted by Gasteiger charge is -2.34. The summed E-state index contributed by atoms with van der Waals surface area (Å²) in [6.45, 7) is 3.28. The molecule has 11 heteroatoms. The van der Waals surface area contributed by atoms with Crippen molar-refractivity contribution in [1.82, 2.24) is 23.7 Å². The van der Waals surface area contributed by atoms with Gasteiger partial charge in [0, 0.05) is 52.3 Å². The first-order chi connectivity index (χ1) is 12.4. The first kappa shape index (κ1) is 21.4. The Morgan fingerprint density at radius 2 is 2.11 bits per heavy atom. The average Bonchev–Trinajstić information content (AvgIpc) is 3.21. The largest absolute Gasteiger partial charge is 0.461 e. The fraction of sp³-hybridized carbons (Fsp3) is 0.500. The van der Waals surface area contributed by atoms with E-state index in [1.165, 1.54) is 21.1 Å². The van der Waals surface area contributed by atoms with Gasteiger partial charge in [0.15, 0.2) is 0 Å². The van der Waals surface area contributed by atoms with E-state index in [1.807, 2.05) is 11.6 Å². The minimum absolute atomic E-state index is 0. The van der Waals surface area contributed by atoms with Crippen molar-refractivity contribution in [2.24, 2.45) is 14.1 Å². The number of piperazine rings is 1. The third kappa shape index (κ3) is 4.03. The molecular formula is C16H24ClN5O4S. The van der Waals surface area contributed by atoms with Crippen molar-refractivity contribution < 1.29 is 17.9 Å². The number of rotatable bonds is 5. The number of nitrogens with one attached hydrogen (secondary N) is 1. The summed E-state index contributed by atoms with van der Waals surface area (Å²) in [6.07, 6.45) is 4.88. The van der Waals surface area contributed by atoms with Crippen molar-refractivity contribution in [2.45, 2.75) is 17.9 Å². The van der Waals surface area contributed by atoms with Gasteiger partial charge in [-0.3, -0.25) is 0 Å². The van der Waals surface area contributed by atoms with Crippen LogP contribution in [0.15, 0.2) is 29.6 Å². The normalized spacial score (nSPS) is 18.1. The number of esters is 1. The molecular weight excluding hydrogens is 394 g/mol. The number of nitrogens with zero attached hydrogens (tertiary/aromatic N) is 4. The molecule has 1 aliphatic rings. The Morgan fingerprint density at radius 1 is 1.37 bits per heavy atom. The maximum atomic E-state index is 13.2. The van der Waals surface area contributed by atoms with Crippen LogP contribution in [0, 0.1) is 0 Å². The molecule has 3 rings (SSSR count). The Morgan fingerprint density at radius 3 is 2.74 bits per heavy atom. The van der Waals surface area contributed by atoms with Gasteiger partial charge in [-0.15, -0.1) is 12.4 Å². The Hall–Kier alpha value is -1.88. The van der Waals surface area contributed by atoms with Crippen LogP contribution in [0.3, 0.4) is 0 Å². The summed E-state index contributed by atoms with van der Waals surface area (Å²) >= 11 is 0. The smallest absolute Gasteiger partial charge is 0.354 e. The van der Waals surface area contributed by atoms with Crippen molar-refractivity contribution in [3.63, 3.8) is 0 Å². The molecule has 0 spiro atoms. The first-order valence-corrected chi connectivity index (χ1v) is 9.83. The van der Waals surface area contributed by atoms with Gasteiger partial charge in [0.25, 0.3) is 0 Å². The number of carbonyl (C=O) groups is 1. The van der Waals surface area contributed by atoms with Gasteiger partial charge in [0.05, 0.1) is 12.6 Å². The van der Waals surface area contributed by atoms with E-state index in [9.17, 15) is 13.2 Å². The van der Waals surface area contributed by atoms with Gasteiger partial charge < -0.3 is 19.2 Å². The number of halogens is 1.